The van der Waals surface area contributed by atoms with Crippen molar-refractivity contribution in [2.75, 3.05) is 38.3 Å². The summed E-state index contributed by atoms with van der Waals surface area (Å²) in [6.45, 7) is 38.7. The second-order valence-corrected chi connectivity index (χ2v) is 40.3. The van der Waals surface area contributed by atoms with E-state index < -0.39 is 40.8 Å². The summed E-state index contributed by atoms with van der Waals surface area (Å²) in [5.41, 5.74) is 18.5. The van der Waals surface area contributed by atoms with E-state index in [0.29, 0.717) is 91.5 Å². The molecule has 0 amide bonds. The van der Waals surface area contributed by atoms with Crippen molar-refractivity contribution in [1.82, 2.24) is 0 Å². The molecule has 0 aromatic heterocycles. The van der Waals surface area contributed by atoms with E-state index in [2.05, 4.69) is 114 Å². The molecule has 2 radical (unpaired) electrons. The molecule has 10 rings (SSSR count). The zero-order valence-electron chi connectivity index (χ0n) is 83.4. The number of ketones is 4. The van der Waals surface area contributed by atoms with Crippen molar-refractivity contribution in [3.63, 3.8) is 0 Å². The maximum atomic E-state index is 13.5. The standard InChI is InChI=1S/C23H27ClO3.C21H22BrClO3.C19H20BrClO2.C16H10ClF5O3.C8H10BrN.C5H12N2.C4H8O.C4H7O.C4H9.CH2O3.ClH.2K.Sn.H/c1-5-26-17(4)19-11-9-18(10-12-19)7-6-8-22(25)20-13-14-23(21(24)15-20)27-16(2)3;1-14(2)26-21-11-10-17(12-18(21)23)19(24)5-3-4-15-6-8-16(9-7-15)20(25)13-22;1-13(2)23-19-11-8-15(12-17(19)21)18(22)5-3-4-14-6-9-16(20)10-7-14;1-6(2)24-9-4-3-7(5-8(9)17)16(23)25-15-13(21)11(19)10(18)12(20)14(15)22;9-8-3-1-7(2-4-8)5-6-10;1-5(2,3)4(6)7;1-2-4-5-3-1;1-3-5-4-2;1-3-4-2;2-1-4-3;;;;;/h9-16H,4-8H2,1-3H3;6-12,14H,3-5,13H2,1-2H3;6-13H,3-5H2,1-2H3;3-6H,1-2H3;1-4H,5-6,10H2;1-3H3,(H3,6,7);1-4H2;1,4H2,2H3;1,3-4H2,2H3;1,3H;1H;;;;/q;;;;;;;;;;;2*+1;;-1/p-1. The first kappa shape index (κ1) is 137. The minimum atomic E-state index is -2.35. The Labute approximate surface area is 971 Å². The van der Waals surface area contributed by atoms with Crippen molar-refractivity contribution in [2.45, 2.75) is 216 Å². The first-order valence-electron chi connectivity index (χ1n) is 44.5. The number of esters is 1. The van der Waals surface area contributed by atoms with Crippen molar-refractivity contribution in [3.8, 4) is 28.7 Å². The van der Waals surface area contributed by atoms with Crippen LogP contribution in [0.4, 0.5) is 22.0 Å². The number of Topliss-reactive ketones (excluding diaryl/α,β-unsaturated/α-hetero) is 4. The molecule has 1 fully saturated rings. The molecule has 1 saturated heterocycles. The summed E-state index contributed by atoms with van der Waals surface area (Å²) < 4.78 is 113. The van der Waals surface area contributed by atoms with Gasteiger partial charge < -0.3 is 56.2 Å². The van der Waals surface area contributed by atoms with E-state index >= 15 is 0 Å². The average molecular weight is 2400 g/mol. The molecular formula is C105H128Br3Cl5F5K2N3O16Sn. The van der Waals surface area contributed by atoms with Gasteiger partial charge in [0.15, 0.2) is 23.1 Å². The molecule has 1 aliphatic heterocycles. The maximum Gasteiger partial charge on any atom is 1.00 e. The summed E-state index contributed by atoms with van der Waals surface area (Å²) in [5.74, 6) is -11.0. The van der Waals surface area contributed by atoms with Gasteiger partial charge >= 0.3 is 183 Å². The molecule has 0 unspecified atom stereocenters. The molecule has 35 heteroatoms. The molecule has 0 spiro atoms. The van der Waals surface area contributed by atoms with Gasteiger partial charge in [0, 0.05) is 74.7 Å². The minimum Gasteiger partial charge on any atom is -1.00 e. The Balaban J connectivity index is -0.00000160. The van der Waals surface area contributed by atoms with Crippen LogP contribution in [0.1, 0.15) is 242 Å². The summed E-state index contributed by atoms with van der Waals surface area (Å²) in [6.07, 6.45) is 12.4. The molecule has 0 bridgehead atoms. The molecule has 1 aliphatic rings. The van der Waals surface area contributed by atoms with Gasteiger partial charge in [-0.3, -0.25) is 29.4 Å². The number of amidine groups is 1. The third-order valence-electron chi connectivity index (χ3n) is 18.4. The van der Waals surface area contributed by atoms with Crippen LogP contribution in [-0.4, -0.2) is 125 Å². The second kappa shape index (κ2) is 77.3. The van der Waals surface area contributed by atoms with Gasteiger partial charge in [-0.25, -0.2) is 18.0 Å². The Morgan fingerprint density at radius 1 is 0.500 bits per heavy atom. The van der Waals surface area contributed by atoms with Crippen LogP contribution in [0, 0.1) is 39.9 Å². The number of halogens is 13. The number of ether oxygens (including phenoxy) is 8. The van der Waals surface area contributed by atoms with Crippen LogP contribution in [-0.2, 0) is 49.6 Å². The first-order chi connectivity index (χ1) is 64.9. The SMILES string of the molecule is C1CCOC1.C=C(OCC)c1ccc(CCCC(=O)c2ccc(OC(C)C)c(Cl)c2)cc1.C=[C](OCC)[Sn][CH2]CCC.CC(C)(C)C(=N)N.CC(C)Oc1ccc(C(=O)CCCc2ccc(Br)cc2)cc1Cl.CC(C)Oc1ccc(C(=O)CCCc2ccc(C(=O)CBr)cc2)cc1Cl.CC(C)Oc1ccc(C(=O)Oc2c(F)c(F)c(F)c(F)c2F)cc1Cl.Cl.NCCc1ccc(Br)cc1.O=CO[O-].[H-].[K+].[K+]. The van der Waals surface area contributed by atoms with Crippen molar-refractivity contribution >= 4 is 175 Å². The van der Waals surface area contributed by atoms with E-state index in [-0.39, 0.29) is 219 Å². The summed E-state index contributed by atoms with van der Waals surface area (Å²) in [6, 6.07) is 51.3. The van der Waals surface area contributed by atoms with Gasteiger partial charge in [0.2, 0.25) is 34.8 Å². The number of carbonyl (C=O) groups is 6. The third-order valence-corrected chi connectivity index (χ3v) is 24.5. The fourth-order valence-electron chi connectivity index (χ4n) is 11.3. The van der Waals surface area contributed by atoms with Crippen molar-refractivity contribution in [1.29, 1.82) is 5.41 Å². The number of hydrogen-bond acceptors (Lipinski definition) is 18. The Kier molecular flexibility index (Phi) is 75.5. The van der Waals surface area contributed by atoms with Crippen molar-refractivity contribution < 1.29 is 203 Å². The Morgan fingerprint density at radius 2 is 0.800 bits per heavy atom. The minimum absolute atomic E-state index is 0. The van der Waals surface area contributed by atoms with Gasteiger partial charge in [0.05, 0.1) is 67.8 Å². The molecule has 0 atom stereocenters. The molecular weight excluding hydrogens is 2270 g/mol. The number of alkyl halides is 1. The molecule has 1 heterocycles. The number of benzene rings is 9. The van der Waals surface area contributed by atoms with Crippen LogP contribution in [0.15, 0.2) is 196 Å². The van der Waals surface area contributed by atoms with E-state index in [1.165, 1.54) is 52.9 Å². The second-order valence-electron chi connectivity index (χ2n) is 32.3. The maximum absolute atomic E-state index is 13.5. The van der Waals surface area contributed by atoms with E-state index in [0.717, 1.165) is 107 Å². The fourth-order valence-corrected chi connectivity index (χ4v) is 16.1. The van der Waals surface area contributed by atoms with Crippen LogP contribution >= 0.6 is 107 Å². The largest absolute Gasteiger partial charge is 1.00 e. The number of unbranched alkanes of at least 4 members (excludes halogenated alkanes) is 1. The molecule has 756 valence electrons. The fraction of sp³-hybridized carbons (Fsp3) is 0.381. The van der Waals surface area contributed by atoms with E-state index in [1.54, 1.807) is 68.4 Å². The monoisotopic (exact) mass is 2390 g/mol. The number of carbonyl (C=O) groups excluding carboxylic acids is 6. The summed E-state index contributed by atoms with van der Waals surface area (Å²) in [5, 5.41) is 17.1. The van der Waals surface area contributed by atoms with Crippen LogP contribution < -0.4 is 143 Å². The zero-order chi connectivity index (χ0) is 103. The van der Waals surface area contributed by atoms with E-state index in [4.69, 9.17) is 106 Å². The quantitative estimate of drug-likeness (QED) is 0.00255. The van der Waals surface area contributed by atoms with Crippen LogP contribution in [0.3, 0.4) is 0 Å². The molecule has 5 N–H and O–H groups in total. The number of nitrogens with two attached hydrogens (primary N) is 2. The third kappa shape index (κ3) is 57.2. The van der Waals surface area contributed by atoms with Gasteiger partial charge in [0.1, 0.15) is 28.8 Å². The smallest absolute Gasteiger partial charge is 1.00 e. The molecule has 9 aromatic carbocycles. The van der Waals surface area contributed by atoms with Gasteiger partial charge in [-0.15, -0.1) is 12.4 Å². The normalized spacial score (nSPS) is 10.7. The van der Waals surface area contributed by atoms with Crippen LogP contribution in [0.2, 0.25) is 24.5 Å². The van der Waals surface area contributed by atoms with Gasteiger partial charge in [-0.2, -0.15) is 8.78 Å². The number of rotatable bonds is 39. The van der Waals surface area contributed by atoms with E-state index in [9.17, 15) is 45.9 Å². The molecule has 140 heavy (non-hydrogen) atoms. The predicted octanol–water partition coefficient (Wildman–Crippen LogP) is 22.5. The Morgan fingerprint density at radius 3 is 1.08 bits per heavy atom. The zero-order valence-corrected chi connectivity index (χ0v) is 100. The topological polar surface area (TPSA) is 284 Å². The van der Waals surface area contributed by atoms with Crippen molar-refractivity contribution in [2.24, 2.45) is 16.9 Å². The van der Waals surface area contributed by atoms with Gasteiger partial charge in [0.25, 0.3) is 6.47 Å². The molecule has 19 nitrogen and oxygen atoms in total. The molecule has 9 aromatic rings. The first-order valence-corrected chi connectivity index (χ1v) is 52.2. The Bertz CT molecular complexity index is 5200. The predicted molar refractivity (Wildman–Crippen MR) is 558 cm³/mol. The number of hydrogen-bond donors (Lipinski definition) is 3. The Hall–Kier alpha value is -5.16. The summed E-state index contributed by atoms with van der Waals surface area (Å²) in [4.78, 5) is 71.8. The number of aryl methyl sites for hydroxylation is 3. The summed E-state index contributed by atoms with van der Waals surface area (Å²) >= 11 is 34.1. The van der Waals surface area contributed by atoms with Crippen molar-refractivity contribution in [3.05, 3.63) is 301 Å². The van der Waals surface area contributed by atoms with E-state index in [1.807, 2.05) is 137 Å². The van der Waals surface area contributed by atoms with Crippen LogP contribution in [0.25, 0.3) is 5.76 Å². The summed E-state index contributed by atoms with van der Waals surface area (Å²) in [7, 11) is 0. The molecule has 0 saturated carbocycles. The van der Waals surface area contributed by atoms with Gasteiger partial charge in [-0.1, -0.05) is 194 Å². The molecule has 0 aliphatic carbocycles. The number of nitrogens with one attached hydrogen (secondary N) is 1. The van der Waals surface area contributed by atoms with Crippen LogP contribution in [0.5, 0.6) is 28.7 Å². The average Bonchev–Trinajstić information content (AvgIpc) is 1.13. The van der Waals surface area contributed by atoms with Gasteiger partial charge in [-0.05, 0) is 246 Å².